The van der Waals surface area contributed by atoms with Gasteiger partial charge in [-0.15, -0.1) is 0 Å². The standard InChI is InChI=1S/C6H10O2Si/c1-5(7)3-6(8)4-9-2/h3-4H2,1-2H3. The van der Waals surface area contributed by atoms with Gasteiger partial charge < -0.3 is 0 Å². The maximum Gasteiger partial charge on any atom is 0.137 e. The van der Waals surface area contributed by atoms with Crippen LogP contribution in [0, 0.1) is 0 Å². The van der Waals surface area contributed by atoms with Gasteiger partial charge in [0.05, 0.1) is 6.42 Å². The lowest BCUT2D eigenvalue weighted by atomic mass is 10.2. The SMILES string of the molecule is C[Si]CC(=O)CC(C)=O. The van der Waals surface area contributed by atoms with Gasteiger partial charge in [-0.1, -0.05) is 6.55 Å². The van der Waals surface area contributed by atoms with Gasteiger partial charge in [-0.25, -0.2) is 0 Å². The average molecular weight is 142 g/mol. The Kier molecular flexibility index (Phi) is 4.22. The highest BCUT2D eigenvalue weighted by molar-refractivity contribution is 6.40. The van der Waals surface area contributed by atoms with E-state index >= 15 is 0 Å². The van der Waals surface area contributed by atoms with Crippen molar-refractivity contribution >= 4 is 21.1 Å². The summed E-state index contributed by atoms with van der Waals surface area (Å²) < 4.78 is 0. The second-order valence-electron chi connectivity index (χ2n) is 1.95. The quantitative estimate of drug-likeness (QED) is 0.428. The monoisotopic (exact) mass is 142 g/mol. The Hall–Kier alpha value is -0.443. The zero-order valence-corrected chi connectivity index (χ0v) is 6.73. The maximum absolute atomic E-state index is 10.6. The van der Waals surface area contributed by atoms with Gasteiger partial charge in [0, 0.05) is 9.52 Å². The molecule has 0 aliphatic heterocycles. The molecular weight excluding hydrogens is 132 g/mol. The van der Waals surface area contributed by atoms with Gasteiger partial charge in [0.1, 0.15) is 11.6 Å². The molecular formula is C6H10O2Si. The van der Waals surface area contributed by atoms with E-state index in [2.05, 4.69) is 0 Å². The highest BCUT2D eigenvalue weighted by Crippen LogP contribution is 1.89. The van der Waals surface area contributed by atoms with Crippen molar-refractivity contribution in [3.63, 3.8) is 0 Å². The van der Waals surface area contributed by atoms with Crippen LogP contribution in [-0.4, -0.2) is 21.1 Å². The number of rotatable bonds is 4. The Labute approximate surface area is 57.5 Å². The molecule has 0 saturated heterocycles. The van der Waals surface area contributed by atoms with Gasteiger partial charge in [-0.3, -0.25) is 9.59 Å². The molecule has 0 fully saturated rings. The van der Waals surface area contributed by atoms with Gasteiger partial charge in [0.25, 0.3) is 0 Å². The number of hydrogen-bond donors (Lipinski definition) is 0. The van der Waals surface area contributed by atoms with Gasteiger partial charge in [-0.05, 0) is 13.0 Å². The summed E-state index contributed by atoms with van der Waals surface area (Å²) in [6.45, 7) is 3.40. The first-order valence-corrected chi connectivity index (χ1v) is 4.53. The van der Waals surface area contributed by atoms with E-state index in [1.165, 1.54) is 6.92 Å². The maximum atomic E-state index is 10.6. The van der Waals surface area contributed by atoms with Crippen LogP contribution < -0.4 is 0 Å². The van der Waals surface area contributed by atoms with E-state index in [0.29, 0.717) is 15.6 Å². The van der Waals surface area contributed by atoms with Crippen molar-refractivity contribution in [1.29, 1.82) is 0 Å². The summed E-state index contributed by atoms with van der Waals surface area (Å²) in [6.07, 6.45) is 0.126. The molecule has 0 unspecified atom stereocenters. The van der Waals surface area contributed by atoms with Crippen LogP contribution in [0.3, 0.4) is 0 Å². The number of Topliss-reactive ketones (excluding diaryl/α,β-unsaturated/α-hetero) is 2. The van der Waals surface area contributed by atoms with Crippen molar-refractivity contribution in [1.82, 2.24) is 0 Å². The van der Waals surface area contributed by atoms with Gasteiger partial charge in [-0.2, -0.15) is 0 Å². The molecule has 0 saturated carbocycles. The third-order valence-electron chi connectivity index (χ3n) is 0.820. The van der Waals surface area contributed by atoms with Crippen molar-refractivity contribution in [3.05, 3.63) is 0 Å². The Balaban J connectivity index is 3.39. The minimum Gasteiger partial charge on any atom is -0.300 e. The first kappa shape index (κ1) is 8.56. The molecule has 50 valence electrons. The van der Waals surface area contributed by atoms with Crippen LogP contribution in [0.25, 0.3) is 0 Å². The molecule has 0 aliphatic carbocycles. The van der Waals surface area contributed by atoms with E-state index in [0.717, 1.165) is 0 Å². The third kappa shape index (κ3) is 5.43. The zero-order valence-electron chi connectivity index (χ0n) is 5.73. The molecule has 0 aromatic heterocycles. The Morgan fingerprint density at radius 3 is 2.33 bits per heavy atom. The number of ketones is 2. The van der Waals surface area contributed by atoms with Gasteiger partial charge >= 0.3 is 0 Å². The molecule has 9 heavy (non-hydrogen) atoms. The largest absolute Gasteiger partial charge is 0.300 e. The molecule has 0 amide bonds. The van der Waals surface area contributed by atoms with Crippen molar-refractivity contribution in [2.45, 2.75) is 25.9 Å². The molecule has 0 N–H and O–H groups in total. The average Bonchev–Trinajstić information content (AvgIpc) is 1.63. The van der Waals surface area contributed by atoms with Crippen molar-refractivity contribution < 1.29 is 9.59 Å². The van der Waals surface area contributed by atoms with Crippen LogP contribution in [0.15, 0.2) is 0 Å². The smallest absolute Gasteiger partial charge is 0.137 e. The fourth-order valence-corrected chi connectivity index (χ4v) is 1.06. The highest BCUT2D eigenvalue weighted by Gasteiger charge is 2.02. The first-order chi connectivity index (χ1) is 4.16. The Morgan fingerprint density at radius 2 is 2.00 bits per heavy atom. The zero-order chi connectivity index (χ0) is 7.28. The summed E-state index contributed by atoms with van der Waals surface area (Å²) in [5.41, 5.74) is 0. The number of carbonyl (C=O) groups excluding carboxylic acids is 2. The summed E-state index contributed by atoms with van der Waals surface area (Å²) >= 11 is 0. The molecule has 0 bridgehead atoms. The van der Waals surface area contributed by atoms with E-state index in [9.17, 15) is 9.59 Å². The lowest BCUT2D eigenvalue weighted by Crippen LogP contribution is -2.04. The Morgan fingerprint density at radius 1 is 1.44 bits per heavy atom. The van der Waals surface area contributed by atoms with Crippen LogP contribution in [0.5, 0.6) is 0 Å². The summed E-state index contributed by atoms with van der Waals surface area (Å²) in [6, 6.07) is 0.569. The minimum absolute atomic E-state index is 0.0294. The summed E-state index contributed by atoms with van der Waals surface area (Å²) in [5.74, 6) is 0.0431. The fourth-order valence-electron chi connectivity index (χ4n) is 0.537. The summed E-state index contributed by atoms with van der Waals surface area (Å²) in [5, 5.41) is 0. The first-order valence-electron chi connectivity index (χ1n) is 2.82. The highest BCUT2D eigenvalue weighted by atomic mass is 28.2. The van der Waals surface area contributed by atoms with Crippen LogP contribution >= 0.6 is 0 Å². The minimum atomic E-state index is -0.0294. The normalized spacial score (nSPS) is 9.11. The molecule has 0 aromatic rings. The van der Waals surface area contributed by atoms with Crippen LogP contribution in [0.1, 0.15) is 13.3 Å². The van der Waals surface area contributed by atoms with E-state index < -0.39 is 0 Å². The van der Waals surface area contributed by atoms with Crippen LogP contribution in [0.4, 0.5) is 0 Å². The van der Waals surface area contributed by atoms with E-state index in [1.54, 1.807) is 0 Å². The predicted molar refractivity (Wildman–Crippen MR) is 36.7 cm³/mol. The van der Waals surface area contributed by atoms with Crippen LogP contribution in [0.2, 0.25) is 12.6 Å². The third-order valence-corrected chi connectivity index (χ3v) is 1.57. The van der Waals surface area contributed by atoms with Crippen molar-refractivity contribution in [2.24, 2.45) is 0 Å². The number of carbonyl (C=O) groups is 2. The van der Waals surface area contributed by atoms with Crippen LogP contribution in [-0.2, 0) is 9.59 Å². The molecule has 3 heteroatoms. The topological polar surface area (TPSA) is 34.1 Å². The van der Waals surface area contributed by atoms with E-state index in [1.807, 2.05) is 6.55 Å². The molecule has 0 atom stereocenters. The van der Waals surface area contributed by atoms with Crippen molar-refractivity contribution in [3.8, 4) is 0 Å². The van der Waals surface area contributed by atoms with Gasteiger partial charge in [0.15, 0.2) is 0 Å². The lowest BCUT2D eigenvalue weighted by molar-refractivity contribution is -0.124. The summed E-state index contributed by atoms with van der Waals surface area (Å²) in [4.78, 5) is 21.0. The molecule has 0 aromatic carbocycles. The number of hydrogen-bond acceptors (Lipinski definition) is 2. The molecule has 0 heterocycles. The van der Waals surface area contributed by atoms with Crippen molar-refractivity contribution in [2.75, 3.05) is 0 Å². The van der Waals surface area contributed by atoms with E-state index in [4.69, 9.17) is 0 Å². The molecule has 0 aliphatic rings. The molecule has 0 spiro atoms. The molecule has 2 nitrogen and oxygen atoms in total. The lowest BCUT2D eigenvalue weighted by Gasteiger charge is -1.90. The summed E-state index contributed by atoms with van der Waals surface area (Å²) in [7, 11) is 0.636. The molecule has 2 radical (unpaired) electrons. The second-order valence-corrected chi connectivity index (χ2v) is 3.01. The predicted octanol–water partition coefficient (Wildman–Crippen LogP) is 0.705. The van der Waals surface area contributed by atoms with E-state index in [-0.39, 0.29) is 18.0 Å². The fraction of sp³-hybridized carbons (Fsp3) is 0.667. The second kappa shape index (κ2) is 4.44. The Bertz CT molecular complexity index is 120. The van der Waals surface area contributed by atoms with Gasteiger partial charge in [0.2, 0.25) is 0 Å². The molecule has 0 rings (SSSR count).